The van der Waals surface area contributed by atoms with Crippen LogP contribution < -0.4 is 28.4 Å². The molecule has 2 aromatic carbocycles. The summed E-state index contributed by atoms with van der Waals surface area (Å²) < 4.78 is 33.0. The summed E-state index contributed by atoms with van der Waals surface area (Å²) in [5.74, 6) is -0.554. The Bertz CT molecular complexity index is 1340. The molecule has 3 heterocycles. The molecule has 0 atom stereocenters. The summed E-state index contributed by atoms with van der Waals surface area (Å²) in [7, 11) is 2.71. The van der Waals surface area contributed by atoms with Crippen LogP contribution in [0.2, 0.25) is 0 Å². The van der Waals surface area contributed by atoms with E-state index in [2.05, 4.69) is 29.9 Å². The number of benzene rings is 2. The maximum absolute atomic E-state index is 11.7. The quantitative estimate of drug-likeness (QED) is 0.400. The second-order valence-electron chi connectivity index (χ2n) is 6.66. The molecule has 1 N–H and O–H groups in total. The van der Waals surface area contributed by atoms with Gasteiger partial charge in [0.05, 0.1) is 19.8 Å². The molecule has 0 saturated heterocycles. The zero-order valence-electron chi connectivity index (χ0n) is 18.0. The van der Waals surface area contributed by atoms with Crippen molar-refractivity contribution < 1.29 is 38.3 Å². The first-order valence-corrected chi connectivity index (χ1v) is 9.77. The molecule has 176 valence electrons. The van der Waals surface area contributed by atoms with E-state index in [0.29, 0.717) is 11.5 Å². The van der Waals surface area contributed by atoms with Crippen molar-refractivity contribution in [3.05, 3.63) is 48.0 Å². The van der Waals surface area contributed by atoms with Crippen LogP contribution in [0.1, 0.15) is 10.4 Å². The highest BCUT2D eigenvalue weighted by Gasteiger charge is 2.17. The van der Waals surface area contributed by atoms with Gasteiger partial charge in [-0.1, -0.05) is 6.07 Å². The summed E-state index contributed by atoms with van der Waals surface area (Å²) in [4.78, 5) is 36.0. The number of ether oxygens (including phenoxy) is 6. The van der Waals surface area contributed by atoms with Gasteiger partial charge in [0.2, 0.25) is 0 Å². The van der Waals surface area contributed by atoms with E-state index in [-0.39, 0.29) is 53.1 Å². The Kier molecular flexibility index (Phi) is 5.51. The maximum atomic E-state index is 11.7. The number of hydrogen-bond donors (Lipinski definition) is 1. The van der Waals surface area contributed by atoms with Gasteiger partial charge in [-0.3, -0.25) is 0 Å². The molecule has 0 aliphatic carbocycles. The third kappa shape index (κ3) is 4.90. The largest absolute Gasteiger partial charge is 0.478 e. The second-order valence-corrected chi connectivity index (χ2v) is 6.66. The molecule has 0 radical (unpaired) electrons. The highest BCUT2D eigenvalue weighted by atomic mass is 16.5. The SMILES string of the molecule is COc1nc2nc(n1)Oc1cc(cc(C(=O)O)c1)Oc1nc(OC)nc(n1)Oc1cccc(c1)O2. The summed E-state index contributed by atoms with van der Waals surface area (Å²) >= 11 is 0. The standard InChI is InChI=1S/C21H14N6O8/c1-30-16-22-18-26-20(24-16)34-13-6-10(15(28)29)7-14(9-13)35-21-25-17(31-2)23-19(27-21)33-12-5-3-4-11(8-12)32-18/h3-9H,1-2H3,(H,28,29). The first-order chi connectivity index (χ1) is 17.0. The average Bonchev–Trinajstić information content (AvgIpc) is 2.83. The van der Waals surface area contributed by atoms with E-state index in [4.69, 9.17) is 28.4 Å². The van der Waals surface area contributed by atoms with Crippen LogP contribution in [0.25, 0.3) is 0 Å². The molecule has 0 fully saturated rings. The van der Waals surface area contributed by atoms with Crippen LogP contribution >= 0.6 is 0 Å². The van der Waals surface area contributed by atoms with Crippen LogP contribution in [-0.2, 0) is 0 Å². The molecule has 0 amide bonds. The Labute approximate surface area is 196 Å². The van der Waals surface area contributed by atoms with Gasteiger partial charge in [0, 0.05) is 12.1 Å². The van der Waals surface area contributed by atoms with E-state index in [1.165, 1.54) is 32.4 Å². The Balaban J connectivity index is 1.67. The fourth-order valence-electron chi connectivity index (χ4n) is 2.84. The Morgan fingerprint density at radius 1 is 0.657 bits per heavy atom. The molecule has 5 rings (SSSR count). The normalized spacial score (nSPS) is 11.7. The molecule has 2 aromatic heterocycles. The molecular weight excluding hydrogens is 464 g/mol. The van der Waals surface area contributed by atoms with Crippen molar-refractivity contribution in [2.45, 2.75) is 0 Å². The molecule has 14 nitrogen and oxygen atoms in total. The van der Waals surface area contributed by atoms with Gasteiger partial charge in [-0.05, 0) is 24.3 Å². The number of aromatic nitrogens is 6. The monoisotopic (exact) mass is 478 g/mol. The van der Waals surface area contributed by atoms with Crippen molar-refractivity contribution in [3.63, 3.8) is 0 Å². The predicted octanol–water partition coefficient (Wildman–Crippen LogP) is 3.25. The fraction of sp³-hybridized carbons (Fsp3) is 0.0952. The van der Waals surface area contributed by atoms with Gasteiger partial charge in [-0.2, -0.15) is 0 Å². The summed E-state index contributed by atoms with van der Waals surface area (Å²) in [6, 6.07) is 9.45. The van der Waals surface area contributed by atoms with Crippen LogP contribution in [0.3, 0.4) is 0 Å². The highest BCUT2D eigenvalue weighted by molar-refractivity contribution is 5.88. The predicted molar refractivity (Wildman–Crippen MR) is 113 cm³/mol. The van der Waals surface area contributed by atoms with Crippen LogP contribution in [0, 0.1) is 0 Å². The number of carbonyl (C=O) groups is 1. The molecule has 8 bridgehead atoms. The Morgan fingerprint density at radius 2 is 1.06 bits per heavy atom. The van der Waals surface area contributed by atoms with Crippen molar-refractivity contribution >= 4 is 5.97 Å². The van der Waals surface area contributed by atoms with Gasteiger partial charge in [-0.25, -0.2) is 4.79 Å². The lowest BCUT2D eigenvalue weighted by atomic mass is 10.2. The Hall–Kier alpha value is -5.27. The number of fused-ring (bicyclic) bond motifs is 8. The minimum atomic E-state index is -1.23. The van der Waals surface area contributed by atoms with Crippen molar-refractivity contribution in [2.24, 2.45) is 0 Å². The molecular formula is C21H14N6O8. The number of carboxylic acid groups (broad SMARTS) is 1. The Morgan fingerprint density at radius 3 is 1.46 bits per heavy atom. The highest BCUT2D eigenvalue weighted by Crippen LogP contribution is 2.32. The van der Waals surface area contributed by atoms with Crippen LogP contribution in [-0.4, -0.2) is 55.2 Å². The molecule has 35 heavy (non-hydrogen) atoms. The lowest BCUT2D eigenvalue weighted by Crippen LogP contribution is -2.04. The van der Waals surface area contributed by atoms with Crippen LogP contribution in [0.5, 0.6) is 59.1 Å². The van der Waals surface area contributed by atoms with Gasteiger partial charge in [0.15, 0.2) is 0 Å². The summed E-state index contributed by atoms with van der Waals surface area (Å²) in [6.07, 6.45) is 0. The number of nitrogens with zero attached hydrogens (tertiary/aromatic N) is 6. The first-order valence-electron chi connectivity index (χ1n) is 9.77. The molecule has 1 aliphatic rings. The van der Waals surface area contributed by atoms with Crippen molar-refractivity contribution in [1.29, 1.82) is 0 Å². The topological polar surface area (TPSA) is 170 Å². The van der Waals surface area contributed by atoms with Gasteiger partial charge >= 0.3 is 42.0 Å². The number of hydrogen-bond acceptors (Lipinski definition) is 13. The van der Waals surface area contributed by atoms with Gasteiger partial charge in [0.1, 0.15) is 23.0 Å². The number of aromatic carboxylic acids is 1. The minimum absolute atomic E-state index is 0.0330. The van der Waals surface area contributed by atoms with E-state index >= 15 is 0 Å². The van der Waals surface area contributed by atoms with Crippen LogP contribution in [0.4, 0.5) is 0 Å². The maximum Gasteiger partial charge on any atom is 0.335 e. The van der Waals surface area contributed by atoms with Crippen LogP contribution in [0.15, 0.2) is 42.5 Å². The third-order valence-electron chi connectivity index (χ3n) is 4.28. The van der Waals surface area contributed by atoms with Crippen molar-refractivity contribution in [1.82, 2.24) is 29.9 Å². The fourth-order valence-corrected chi connectivity index (χ4v) is 2.84. The number of methoxy groups -OCH3 is 2. The molecule has 4 aromatic rings. The zero-order chi connectivity index (χ0) is 24.4. The first kappa shape index (κ1) is 21.6. The summed E-state index contributed by atoms with van der Waals surface area (Å²) in [5.41, 5.74) is -0.149. The summed E-state index contributed by atoms with van der Waals surface area (Å²) in [5, 5.41) is 9.53. The second kappa shape index (κ2) is 8.93. The lowest BCUT2D eigenvalue weighted by Gasteiger charge is -2.12. The van der Waals surface area contributed by atoms with Gasteiger partial charge < -0.3 is 33.5 Å². The molecule has 14 heteroatoms. The number of carboxylic acids is 1. The zero-order valence-corrected chi connectivity index (χ0v) is 18.0. The van der Waals surface area contributed by atoms with Gasteiger partial charge in [-0.15, -0.1) is 29.9 Å². The summed E-state index contributed by atoms with van der Waals surface area (Å²) in [6.45, 7) is 0. The van der Waals surface area contributed by atoms with E-state index in [1.54, 1.807) is 24.3 Å². The minimum Gasteiger partial charge on any atom is -0.478 e. The molecule has 0 saturated carbocycles. The third-order valence-corrected chi connectivity index (χ3v) is 4.28. The van der Waals surface area contributed by atoms with E-state index < -0.39 is 5.97 Å². The van der Waals surface area contributed by atoms with E-state index in [9.17, 15) is 9.90 Å². The van der Waals surface area contributed by atoms with Gasteiger partial charge in [0.25, 0.3) is 0 Å². The number of rotatable bonds is 3. The average molecular weight is 478 g/mol. The lowest BCUT2D eigenvalue weighted by molar-refractivity contribution is 0.0696. The molecule has 0 unspecified atom stereocenters. The van der Waals surface area contributed by atoms with Crippen molar-refractivity contribution in [3.8, 4) is 59.1 Å². The molecule has 0 spiro atoms. The van der Waals surface area contributed by atoms with E-state index in [1.807, 2.05) is 0 Å². The molecule has 1 aliphatic heterocycles. The smallest absolute Gasteiger partial charge is 0.335 e. The van der Waals surface area contributed by atoms with E-state index in [0.717, 1.165) is 0 Å². The van der Waals surface area contributed by atoms with Crippen molar-refractivity contribution in [2.75, 3.05) is 14.2 Å².